The van der Waals surface area contributed by atoms with Crippen molar-refractivity contribution in [3.8, 4) is 0 Å². The van der Waals surface area contributed by atoms with Gasteiger partial charge >= 0.3 is 29.8 Å². The fourth-order valence-corrected chi connectivity index (χ4v) is 0.969. The summed E-state index contributed by atoms with van der Waals surface area (Å²) in [6, 6.07) is 0. The largest absolute Gasteiger partial charge is 0.481 e. The van der Waals surface area contributed by atoms with E-state index < -0.39 is 43.4 Å². The molecule has 0 spiro atoms. The molecule has 0 aromatic carbocycles. The topological polar surface area (TPSA) is 142 Å². The number of carboxylic acid groups (broad SMARTS) is 1. The maximum atomic E-state index is 11.2. The van der Waals surface area contributed by atoms with Crippen LogP contribution >= 0.6 is 0 Å². The molecule has 10 nitrogen and oxygen atoms in total. The highest BCUT2D eigenvalue weighted by molar-refractivity contribution is 5.78. The number of carbonyl (C=O) groups excluding carboxylic acids is 4. The maximum absolute atomic E-state index is 11.2. The van der Waals surface area contributed by atoms with Gasteiger partial charge in [-0.1, -0.05) is 0 Å². The summed E-state index contributed by atoms with van der Waals surface area (Å²) in [7, 11) is 0. The number of rotatable bonds is 10. The van der Waals surface area contributed by atoms with E-state index >= 15 is 0 Å². The summed E-state index contributed by atoms with van der Waals surface area (Å²) in [6.07, 6.45) is -1.34. The molecule has 22 heavy (non-hydrogen) atoms. The molecule has 1 N–H and O–H groups in total. The summed E-state index contributed by atoms with van der Waals surface area (Å²) < 4.78 is 17.8. The number of ether oxygens (including phenoxy) is 4. The Balaban J connectivity index is 3.65. The highest BCUT2D eigenvalue weighted by Crippen LogP contribution is 1.98. The molecule has 0 amide bonds. The zero-order valence-corrected chi connectivity index (χ0v) is 11.9. The van der Waals surface area contributed by atoms with Crippen molar-refractivity contribution in [2.24, 2.45) is 0 Å². The van der Waals surface area contributed by atoms with Gasteiger partial charge < -0.3 is 24.1 Å². The molecule has 0 aliphatic carbocycles. The van der Waals surface area contributed by atoms with Crippen LogP contribution in [0, 0.1) is 0 Å². The summed E-state index contributed by atoms with van der Waals surface area (Å²) in [6.45, 7) is -0.0624. The average molecular weight is 320 g/mol. The van der Waals surface area contributed by atoms with E-state index in [0.29, 0.717) is 0 Å². The summed E-state index contributed by atoms with van der Waals surface area (Å²) in [5.74, 6) is -4.17. The minimum absolute atomic E-state index is 0.299. The van der Waals surface area contributed by atoms with Crippen molar-refractivity contribution in [3.05, 3.63) is 0 Å². The first-order valence-electron chi connectivity index (χ1n) is 6.13. The van der Waals surface area contributed by atoms with Crippen molar-refractivity contribution in [3.63, 3.8) is 0 Å². The third-order valence-electron chi connectivity index (χ3n) is 2.00. The van der Waals surface area contributed by atoms with Gasteiger partial charge in [-0.25, -0.2) is 0 Å². The summed E-state index contributed by atoms with van der Waals surface area (Å²) in [5.41, 5.74) is 0. The predicted octanol–water partition coefficient (Wildman–Crippen LogP) is -0.261. The minimum atomic E-state index is -1.15. The van der Waals surface area contributed by atoms with E-state index in [1.54, 1.807) is 0 Å². The number of aliphatic carboxylic acids is 1. The molecule has 0 aliphatic heterocycles. The molecule has 0 saturated carbocycles. The third kappa shape index (κ3) is 12.4. The molecule has 0 saturated heterocycles. The standard InChI is InChI=1S/C12H16O10/c1-8(13)19-6-20-11(17)4-5-12(18)22-7-21-10(16)3-2-9(14)15/h2-7H2,1H3,(H,14,15). The first kappa shape index (κ1) is 19.4. The van der Waals surface area contributed by atoms with Crippen LogP contribution in [-0.2, 0) is 42.9 Å². The van der Waals surface area contributed by atoms with Crippen LogP contribution in [0.2, 0.25) is 0 Å². The minimum Gasteiger partial charge on any atom is -0.481 e. The predicted molar refractivity (Wildman–Crippen MR) is 65.9 cm³/mol. The van der Waals surface area contributed by atoms with E-state index in [9.17, 15) is 24.0 Å². The first-order chi connectivity index (χ1) is 10.3. The van der Waals surface area contributed by atoms with Gasteiger partial charge in [-0.05, 0) is 0 Å². The van der Waals surface area contributed by atoms with Crippen LogP contribution in [0.15, 0.2) is 0 Å². The third-order valence-corrected chi connectivity index (χ3v) is 2.00. The van der Waals surface area contributed by atoms with Crippen LogP contribution in [0.25, 0.3) is 0 Å². The molecule has 0 bridgehead atoms. The van der Waals surface area contributed by atoms with Gasteiger partial charge in [-0.15, -0.1) is 0 Å². The lowest BCUT2D eigenvalue weighted by Crippen LogP contribution is -2.16. The summed E-state index contributed by atoms with van der Waals surface area (Å²) in [4.78, 5) is 53.8. The summed E-state index contributed by atoms with van der Waals surface area (Å²) >= 11 is 0. The Bertz CT molecular complexity index is 428. The monoisotopic (exact) mass is 320 g/mol. The fourth-order valence-electron chi connectivity index (χ4n) is 0.969. The van der Waals surface area contributed by atoms with Crippen molar-refractivity contribution >= 4 is 29.8 Å². The molecule has 0 aromatic rings. The Morgan fingerprint density at radius 2 is 1.05 bits per heavy atom. The van der Waals surface area contributed by atoms with Crippen LogP contribution in [0.4, 0.5) is 0 Å². The van der Waals surface area contributed by atoms with Gasteiger partial charge in [0, 0.05) is 6.92 Å². The second-order valence-electron chi connectivity index (χ2n) is 3.81. The van der Waals surface area contributed by atoms with Gasteiger partial charge in [-0.3, -0.25) is 24.0 Å². The average Bonchev–Trinajstić information content (AvgIpc) is 2.42. The number of carboxylic acids is 1. The van der Waals surface area contributed by atoms with Gasteiger partial charge in [0.05, 0.1) is 25.7 Å². The molecule has 124 valence electrons. The van der Waals surface area contributed by atoms with Gasteiger partial charge in [0.25, 0.3) is 0 Å². The molecule has 0 fully saturated rings. The van der Waals surface area contributed by atoms with E-state index in [1.807, 2.05) is 0 Å². The molecule has 10 heteroatoms. The second-order valence-corrected chi connectivity index (χ2v) is 3.81. The van der Waals surface area contributed by atoms with Gasteiger partial charge in [0.15, 0.2) is 0 Å². The normalized spacial score (nSPS) is 9.50. The Morgan fingerprint density at radius 1 is 0.682 bits per heavy atom. The molecule has 0 aromatic heterocycles. The van der Waals surface area contributed by atoms with Crippen molar-refractivity contribution in [2.45, 2.75) is 32.6 Å². The lowest BCUT2D eigenvalue weighted by Gasteiger charge is -2.06. The smallest absolute Gasteiger partial charge is 0.309 e. The lowest BCUT2D eigenvalue weighted by molar-refractivity contribution is -0.172. The Hall–Kier alpha value is -2.65. The maximum Gasteiger partial charge on any atom is 0.309 e. The number of esters is 4. The zero-order valence-electron chi connectivity index (χ0n) is 11.9. The number of hydrogen-bond acceptors (Lipinski definition) is 9. The van der Waals surface area contributed by atoms with E-state index in [0.717, 1.165) is 6.92 Å². The quantitative estimate of drug-likeness (QED) is 0.422. The molecule has 0 rings (SSSR count). The van der Waals surface area contributed by atoms with Crippen molar-refractivity contribution < 1.29 is 48.0 Å². The molecule has 0 heterocycles. The lowest BCUT2D eigenvalue weighted by atomic mass is 10.3. The molecule has 0 aliphatic rings. The van der Waals surface area contributed by atoms with Crippen LogP contribution in [0.5, 0.6) is 0 Å². The van der Waals surface area contributed by atoms with Crippen LogP contribution in [0.1, 0.15) is 32.6 Å². The van der Waals surface area contributed by atoms with Gasteiger partial charge in [0.1, 0.15) is 0 Å². The number of carbonyl (C=O) groups is 5. The molecular weight excluding hydrogens is 304 g/mol. The van der Waals surface area contributed by atoms with E-state index in [1.165, 1.54) is 0 Å². The Labute approximate surface area is 125 Å². The van der Waals surface area contributed by atoms with Gasteiger partial charge in [0.2, 0.25) is 13.6 Å². The summed E-state index contributed by atoms with van der Waals surface area (Å²) in [5, 5.41) is 8.33. The van der Waals surface area contributed by atoms with Crippen LogP contribution in [-0.4, -0.2) is 48.5 Å². The number of hydrogen-bond donors (Lipinski definition) is 1. The second kappa shape index (κ2) is 11.1. The van der Waals surface area contributed by atoms with E-state index in [-0.39, 0.29) is 25.7 Å². The molecule has 0 atom stereocenters. The Morgan fingerprint density at radius 3 is 1.41 bits per heavy atom. The first-order valence-corrected chi connectivity index (χ1v) is 6.13. The fraction of sp³-hybridized carbons (Fsp3) is 0.583. The SMILES string of the molecule is CC(=O)OCOC(=O)CCC(=O)OCOC(=O)CCC(=O)O. The van der Waals surface area contributed by atoms with Crippen molar-refractivity contribution in [2.75, 3.05) is 13.6 Å². The van der Waals surface area contributed by atoms with Crippen LogP contribution < -0.4 is 0 Å². The molecule has 0 radical (unpaired) electrons. The Kier molecular flexibility index (Phi) is 9.73. The highest BCUT2D eigenvalue weighted by atomic mass is 16.7. The highest BCUT2D eigenvalue weighted by Gasteiger charge is 2.11. The van der Waals surface area contributed by atoms with E-state index in [4.69, 9.17) is 5.11 Å². The molecule has 0 unspecified atom stereocenters. The zero-order chi connectivity index (χ0) is 17.0. The van der Waals surface area contributed by atoms with Crippen molar-refractivity contribution in [1.82, 2.24) is 0 Å². The van der Waals surface area contributed by atoms with Crippen LogP contribution in [0.3, 0.4) is 0 Å². The van der Waals surface area contributed by atoms with E-state index in [2.05, 4.69) is 18.9 Å². The van der Waals surface area contributed by atoms with Gasteiger partial charge in [-0.2, -0.15) is 0 Å². The molecular formula is C12H16O10. The van der Waals surface area contributed by atoms with Crippen molar-refractivity contribution in [1.29, 1.82) is 0 Å².